The van der Waals surface area contributed by atoms with Crippen LogP contribution in [0, 0.1) is 6.92 Å². The van der Waals surface area contributed by atoms with E-state index in [2.05, 4.69) is 5.32 Å². The van der Waals surface area contributed by atoms with Gasteiger partial charge < -0.3 is 19.6 Å². The summed E-state index contributed by atoms with van der Waals surface area (Å²) in [7, 11) is 0. The van der Waals surface area contributed by atoms with E-state index in [4.69, 9.17) is 4.42 Å². The summed E-state index contributed by atoms with van der Waals surface area (Å²) in [5.74, 6) is -0.625. The Bertz CT molecular complexity index is 705. The zero-order valence-electron chi connectivity index (χ0n) is 13.0. The maximum absolute atomic E-state index is 12.3. The Morgan fingerprint density at radius 3 is 2.18 bits per heavy atom. The van der Waals surface area contributed by atoms with Crippen molar-refractivity contribution in [2.45, 2.75) is 33.1 Å². The number of hydrogen-bond donors (Lipinski definition) is 1. The van der Waals surface area contributed by atoms with Gasteiger partial charge in [-0.1, -0.05) is 32.9 Å². The number of carboxylic acid groups (broad SMARTS) is 1. The zero-order valence-corrected chi connectivity index (χ0v) is 13.0. The van der Waals surface area contributed by atoms with Crippen molar-refractivity contribution >= 4 is 17.6 Å². The van der Waals surface area contributed by atoms with Gasteiger partial charge in [-0.05, 0) is 30.7 Å². The number of anilines is 1. The van der Waals surface area contributed by atoms with E-state index >= 15 is 0 Å². The van der Waals surface area contributed by atoms with Gasteiger partial charge >= 0.3 is 0 Å². The second-order valence-corrected chi connectivity index (χ2v) is 6.19. The summed E-state index contributed by atoms with van der Waals surface area (Å²) in [5.41, 5.74) is 1.12. The molecule has 0 radical (unpaired) electrons. The molecule has 2 aromatic rings. The molecule has 0 aliphatic rings. The van der Waals surface area contributed by atoms with Crippen molar-refractivity contribution in [2.24, 2.45) is 0 Å². The molecule has 0 spiro atoms. The van der Waals surface area contributed by atoms with Crippen molar-refractivity contribution in [3.05, 3.63) is 53.0 Å². The van der Waals surface area contributed by atoms with Gasteiger partial charge in [0.05, 0.1) is 5.97 Å². The predicted octanol–water partition coefficient (Wildman–Crippen LogP) is 2.50. The number of hydrogen-bond acceptors (Lipinski definition) is 4. The first-order valence-corrected chi connectivity index (χ1v) is 6.92. The topological polar surface area (TPSA) is 82.4 Å². The second-order valence-electron chi connectivity index (χ2n) is 6.19. The average Bonchev–Trinajstić information content (AvgIpc) is 2.81. The van der Waals surface area contributed by atoms with Crippen LogP contribution in [0.1, 0.15) is 53.0 Å². The summed E-state index contributed by atoms with van der Waals surface area (Å²) in [6.07, 6.45) is 0. The molecule has 1 aromatic heterocycles. The zero-order chi connectivity index (χ0) is 16.5. The molecule has 116 valence electrons. The highest BCUT2D eigenvalue weighted by atomic mass is 16.4. The van der Waals surface area contributed by atoms with Crippen LogP contribution in [0.5, 0.6) is 0 Å². The Labute approximate surface area is 129 Å². The van der Waals surface area contributed by atoms with Crippen LogP contribution in [0.2, 0.25) is 0 Å². The summed E-state index contributed by atoms with van der Waals surface area (Å²) in [4.78, 5) is 22.9. The number of aromatic carboxylic acids is 1. The molecule has 5 heteroatoms. The Hall–Kier alpha value is -2.56. The number of benzene rings is 1. The van der Waals surface area contributed by atoms with Gasteiger partial charge in [-0.15, -0.1) is 0 Å². The number of furan rings is 1. The monoisotopic (exact) mass is 300 g/mol. The molecule has 1 heterocycles. The molecule has 0 fully saturated rings. The highest BCUT2D eigenvalue weighted by Gasteiger charge is 2.23. The molecule has 0 saturated carbocycles. The van der Waals surface area contributed by atoms with Gasteiger partial charge in [-0.2, -0.15) is 0 Å². The van der Waals surface area contributed by atoms with E-state index in [0.717, 1.165) is 11.3 Å². The van der Waals surface area contributed by atoms with Gasteiger partial charge in [0.15, 0.2) is 5.76 Å². The molecule has 0 saturated heterocycles. The molecule has 1 N–H and O–H groups in total. The lowest BCUT2D eigenvalue weighted by molar-refractivity contribution is -0.255. The summed E-state index contributed by atoms with van der Waals surface area (Å²) < 4.78 is 5.66. The normalized spacial score (nSPS) is 11.3. The Balaban J connectivity index is 2.19. The molecule has 22 heavy (non-hydrogen) atoms. The fourth-order valence-corrected chi connectivity index (χ4v) is 1.95. The highest BCUT2D eigenvalue weighted by Crippen LogP contribution is 2.27. The third-order valence-corrected chi connectivity index (χ3v) is 3.24. The summed E-state index contributed by atoms with van der Waals surface area (Å²) >= 11 is 0. The molecule has 2 rings (SSSR count). The van der Waals surface area contributed by atoms with Crippen LogP contribution in [-0.2, 0) is 5.41 Å². The molecule has 0 aliphatic heterocycles. The predicted molar refractivity (Wildman–Crippen MR) is 80.9 cm³/mol. The van der Waals surface area contributed by atoms with Crippen LogP contribution in [-0.4, -0.2) is 11.9 Å². The van der Waals surface area contributed by atoms with E-state index in [1.165, 1.54) is 24.3 Å². The lowest BCUT2D eigenvalue weighted by Gasteiger charge is -2.14. The van der Waals surface area contributed by atoms with Crippen molar-refractivity contribution in [3.63, 3.8) is 0 Å². The van der Waals surface area contributed by atoms with Gasteiger partial charge in [-0.3, -0.25) is 4.79 Å². The Kier molecular flexibility index (Phi) is 4.08. The summed E-state index contributed by atoms with van der Waals surface area (Å²) in [6, 6.07) is 7.62. The van der Waals surface area contributed by atoms with Gasteiger partial charge in [0.25, 0.3) is 5.91 Å². The van der Waals surface area contributed by atoms with Crippen LogP contribution in [0.4, 0.5) is 5.69 Å². The first kappa shape index (κ1) is 15.8. The highest BCUT2D eigenvalue weighted by molar-refractivity contribution is 6.03. The van der Waals surface area contributed by atoms with E-state index in [0.29, 0.717) is 5.69 Å². The van der Waals surface area contributed by atoms with Crippen molar-refractivity contribution in [3.8, 4) is 0 Å². The van der Waals surface area contributed by atoms with Crippen molar-refractivity contribution in [2.75, 3.05) is 5.32 Å². The Morgan fingerprint density at radius 2 is 1.73 bits per heavy atom. The van der Waals surface area contributed by atoms with E-state index in [1.54, 1.807) is 0 Å². The first-order chi connectivity index (χ1) is 10.2. The molecule has 1 aromatic carbocycles. The van der Waals surface area contributed by atoms with Gasteiger partial charge in [-0.25, -0.2) is 0 Å². The number of carbonyl (C=O) groups excluding carboxylic acids is 2. The van der Waals surface area contributed by atoms with Crippen LogP contribution in [0.15, 0.2) is 34.7 Å². The number of amides is 1. The molecule has 0 aliphatic carbocycles. The minimum absolute atomic E-state index is 0.0576. The standard InChI is InChI=1S/C17H19NO4/c1-10-9-13(17(2,3)4)22-14(10)15(19)18-12-7-5-11(6-8-12)16(20)21/h5-9H,1-4H3,(H,18,19)(H,20,21)/p-1. The molecule has 1 amide bonds. The van der Waals surface area contributed by atoms with Crippen LogP contribution in [0.25, 0.3) is 0 Å². The Morgan fingerprint density at radius 1 is 1.14 bits per heavy atom. The first-order valence-electron chi connectivity index (χ1n) is 6.92. The fraction of sp³-hybridized carbons (Fsp3) is 0.294. The number of carbonyl (C=O) groups is 2. The average molecular weight is 300 g/mol. The fourth-order valence-electron chi connectivity index (χ4n) is 1.95. The molecular weight excluding hydrogens is 282 g/mol. The lowest BCUT2D eigenvalue weighted by atomic mass is 9.93. The molecule has 0 bridgehead atoms. The van der Waals surface area contributed by atoms with E-state index in [1.807, 2.05) is 33.8 Å². The maximum atomic E-state index is 12.3. The molecular formula is C17H18NO4-. The lowest BCUT2D eigenvalue weighted by Crippen LogP contribution is -2.22. The van der Waals surface area contributed by atoms with Crippen LogP contribution in [0.3, 0.4) is 0 Å². The SMILES string of the molecule is Cc1cc(C(C)(C)C)oc1C(=O)Nc1ccc(C(=O)[O-])cc1. The second kappa shape index (κ2) is 5.67. The number of aryl methyl sites for hydroxylation is 1. The van der Waals surface area contributed by atoms with E-state index in [-0.39, 0.29) is 22.6 Å². The smallest absolute Gasteiger partial charge is 0.291 e. The van der Waals surface area contributed by atoms with Crippen molar-refractivity contribution in [1.29, 1.82) is 0 Å². The van der Waals surface area contributed by atoms with E-state index in [9.17, 15) is 14.7 Å². The van der Waals surface area contributed by atoms with Gasteiger partial charge in [0.2, 0.25) is 0 Å². The van der Waals surface area contributed by atoms with Crippen LogP contribution >= 0.6 is 0 Å². The summed E-state index contributed by atoms with van der Waals surface area (Å²) in [5, 5.41) is 13.4. The third kappa shape index (κ3) is 3.36. The van der Waals surface area contributed by atoms with Crippen molar-refractivity contribution in [1.82, 2.24) is 0 Å². The van der Waals surface area contributed by atoms with Gasteiger partial charge in [0.1, 0.15) is 5.76 Å². The van der Waals surface area contributed by atoms with Crippen molar-refractivity contribution < 1.29 is 19.1 Å². The number of carboxylic acids is 1. The minimum atomic E-state index is -1.26. The van der Waals surface area contributed by atoms with E-state index < -0.39 is 5.97 Å². The van der Waals surface area contributed by atoms with Crippen LogP contribution < -0.4 is 10.4 Å². The molecule has 0 atom stereocenters. The number of nitrogens with one attached hydrogen (secondary N) is 1. The maximum Gasteiger partial charge on any atom is 0.291 e. The number of rotatable bonds is 3. The third-order valence-electron chi connectivity index (χ3n) is 3.24. The minimum Gasteiger partial charge on any atom is -0.545 e. The van der Waals surface area contributed by atoms with Gasteiger partial charge in [0, 0.05) is 16.7 Å². The molecule has 5 nitrogen and oxygen atoms in total. The summed E-state index contributed by atoms with van der Waals surface area (Å²) in [6.45, 7) is 7.83. The quantitative estimate of drug-likeness (QED) is 0.944. The molecule has 0 unspecified atom stereocenters. The largest absolute Gasteiger partial charge is 0.545 e.